The predicted octanol–water partition coefficient (Wildman–Crippen LogP) is 4.38. The molecule has 0 unspecified atom stereocenters. The molecule has 8 heteroatoms. The molecular weight excluding hydrogens is 426 g/mol. The average Bonchev–Trinajstić information content (AvgIpc) is 3.53. The number of ether oxygens (including phenoxy) is 1. The Morgan fingerprint density at radius 3 is 2.75 bits per heavy atom. The van der Waals surface area contributed by atoms with Crippen LogP contribution in [0.5, 0.6) is 5.75 Å². The number of rotatable bonds is 9. The highest BCUT2D eigenvalue weighted by molar-refractivity contribution is 7.99. The van der Waals surface area contributed by atoms with Gasteiger partial charge in [0.1, 0.15) is 11.5 Å². The zero-order chi connectivity index (χ0) is 22.3. The van der Waals surface area contributed by atoms with Crippen LogP contribution in [0.1, 0.15) is 26.5 Å². The van der Waals surface area contributed by atoms with E-state index in [0.29, 0.717) is 34.3 Å². The monoisotopic (exact) mass is 447 g/mol. The first kappa shape index (κ1) is 21.5. The highest BCUT2D eigenvalue weighted by Gasteiger charge is 2.13. The summed E-state index contributed by atoms with van der Waals surface area (Å²) in [5.41, 5.74) is 1.89. The molecule has 4 aromatic rings. The van der Waals surface area contributed by atoms with Gasteiger partial charge in [0.25, 0.3) is 5.91 Å². The summed E-state index contributed by atoms with van der Waals surface area (Å²) in [6.45, 7) is 0.314. The lowest BCUT2D eigenvalue weighted by molar-refractivity contribution is 0.0947. The quantitative estimate of drug-likeness (QED) is 0.303. The molecule has 1 N–H and O–H groups in total. The van der Waals surface area contributed by atoms with Crippen LogP contribution in [0.2, 0.25) is 0 Å². The van der Waals surface area contributed by atoms with E-state index in [0.717, 1.165) is 5.69 Å². The first-order valence-corrected chi connectivity index (χ1v) is 10.9. The second-order valence-electron chi connectivity index (χ2n) is 6.84. The number of nitrogens with one attached hydrogen (secondary N) is 1. The van der Waals surface area contributed by atoms with E-state index < -0.39 is 0 Å². The van der Waals surface area contributed by atoms with Gasteiger partial charge in [-0.05, 0) is 42.5 Å². The van der Waals surface area contributed by atoms with E-state index in [9.17, 15) is 9.59 Å². The van der Waals surface area contributed by atoms with Gasteiger partial charge >= 0.3 is 0 Å². The Kier molecular flexibility index (Phi) is 6.72. The van der Waals surface area contributed by atoms with Crippen LogP contribution in [-0.2, 0) is 6.54 Å². The number of Topliss-reactive ketones (excluding diaryl/α,β-unsaturated/α-hetero) is 1. The Balaban J connectivity index is 1.44. The molecule has 4 rings (SSSR count). The van der Waals surface area contributed by atoms with Crippen LogP contribution in [-0.4, -0.2) is 34.1 Å². The fourth-order valence-electron chi connectivity index (χ4n) is 3.08. The van der Waals surface area contributed by atoms with Crippen LogP contribution in [0.3, 0.4) is 0 Å². The lowest BCUT2D eigenvalue weighted by atomic mass is 10.1. The van der Waals surface area contributed by atoms with Crippen molar-refractivity contribution in [3.63, 3.8) is 0 Å². The van der Waals surface area contributed by atoms with Crippen LogP contribution >= 0.6 is 11.8 Å². The first-order chi connectivity index (χ1) is 15.6. The number of hydrogen-bond donors (Lipinski definition) is 1. The van der Waals surface area contributed by atoms with Crippen LogP contribution in [0.25, 0.3) is 5.69 Å². The predicted molar refractivity (Wildman–Crippen MR) is 121 cm³/mol. The summed E-state index contributed by atoms with van der Waals surface area (Å²) in [6, 6.07) is 17.9. The number of carbonyl (C=O) groups is 2. The van der Waals surface area contributed by atoms with Crippen LogP contribution < -0.4 is 10.1 Å². The van der Waals surface area contributed by atoms with Gasteiger partial charge in [0.05, 0.1) is 25.7 Å². The fourth-order valence-corrected chi connectivity index (χ4v) is 3.95. The van der Waals surface area contributed by atoms with E-state index >= 15 is 0 Å². The third-order valence-electron chi connectivity index (χ3n) is 4.72. The topological polar surface area (TPSA) is 86.4 Å². The molecule has 0 spiro atoms. The summed E-state index contributed by atoms with van der Waals surface area (Å²) in [5.74, 6) is 1.33. The number of benzene rings is 2. The first-order valence-electron chi connectivity index (χ1n) is 9.88. The maximum absolute atomic E-state index is 12.6. The SMILES string of the molecule is COc1cccc(C(=O)CSc2nccn2-c2cccc(C(=O)NCc3ccco3)c2)c1. The van der Waals surface area contributed by atoms with E-state index in [4.69, 9.17) is 9.15 Å². The number of furan rings is 1. The summed E-state index contributed by atoms with van der Waals surface area (Å²) >= 11 is 1.34. The Morgan fingerprint density at radius 1 is 1.09 bits per heavy atom. The number of thioether (sulfide) groups is 1. The van der Waals surface area contributed by atoms with Crippen LogP contribution in [0.4, 0.5) is 0 Å². The van der Waals surface area contributed by atoms with Gasteiger partial charge in [-0.3, -0.25) is 14.2 Å². The molecule has 7 nitrogen and oxygen atoms in total. The van der Waals surface area contributed by atoms with E-state index in [1.165, 1.54) is 11.8 Å². The van der Waals surface area contributed by atoms with Crippen molar-refractivity contribution in [2.45, 2.75) is 11.7 Å². The molecule has 0 fully saturated rings. The summed E-state index contributed by atoms with van der Waals surface area (Å²) < 4.78 is 12.3. The Morgan fingerprint density at radius 2 is 1.94 bits per heavy atom. The molecule has 2 aromatic heterocycles. The van der Waals surface area contributed by atoms with Crippen LogP contribution in [0, 0.1) is 0 Å². The highest BCUT2D eigenvalue weighted by Crippen LogP contribution is 2.23. The molecular formula is C24H21N3O4S. The molecule has 2 aromatic carbocycles. The van der Waals surface area contributed by atoms with Gasteiger partial charge in [0.15, 0.2) is 10.9 Å². The lowest BCUT2D eigenvalue weighted by Gasteiger charge is -2.10. The van der Waals surface area contributed by atoms with Crippen molar-refractivity contribution in [3.8, 4) is 11.4 Å². The molecule has 162 valence electrons. The molecule has 0 aliphatic carbocycles. The Bertz CT molecular complexity index is 1220. The zero-order valence-corrected chi connectivity index (χ0v) is 18.2. The number of amides is 1. The molecule has 0 bridgehead atoms. The molecule has 0 aliphatic heterocycles. The van der Waals surface area contributed by atoms with Gasteiger partial charge in [-0.25, -0.2) is 4.98 Å². The van der Waals surface area contributed by atoms with Gasteiger partial charge in [0, 0.05) is 29.2 Å². The van der Waals surface area contributed by atoms with E-state index in [1.54, 1.807) is 74.3 Å². The molecule has 0 atom stereocenters. The molecule has 0 saturated heterocycles. The summed E-state index contributed by atoms with van der Waals surface area (Å²) in [5, 5.41) is 3.50. The van der Waals surface area contributed by atoms with E-state index in [2.05, 4.69) is 10.3 Å². The second-order valence-corrected chi connectivity index (χ2v) is 7.78. The average molecular weight is 448 g/mol. The maximum Gasteiger partial charge on any atom is 0.251 e. The molecule has 0 radical (unpaired) electrons. The van der Waals surface area contributed by atoms with Crippen molar-refractivity contribution in [1.82, 2.24) is 14.9 Å². The van der Waals surface area contributed by atoms with Gasteiger partial charge in [-0.15, -0.1) is 0 Å². The largest absolute Gasteiger partial charge is 0.497 e. The smallest absolute Gasteiger partial charge is 0.251 e. The Labute approximate surface area is 189 Å². The number of methoxy groups -OCH3 is 1. The molecule has 0 saturated carbocycles. The third kappa shape index (κ3) is 5.09. The molecule has 0 aliphatic rings. The minimum Gasteiger partial charge on any atom is -0.497 e. The number of hydrogen-bond acceptors (Lipinski definition) is 6. The van der Waals surface area contributed by atoms with Crippen LogP contribution in [0.15, 0.2) is 88.9 Å². The zero-order valence-electron chi connectivity index (χ0n) is 17.4. The van der Waals surface area contributed by atoms with Crippen molar-refractivity contribution in [2.75, 3.05) is 12.9 Å². The van der Waals surface area contributed by atoms with Gasteiger partial charge in [-0.2, -0.15) is 0 Å². The van der Waals surface area contributed by atoms with Crippen molar-refractivity contribution in [2.24, 2.45) is 0 Å². The normalized spacial score (nSPS) is 10.7. The summed E-state index contributed by atoms with van der Waals surface area (Å²) in [4.78, 5) is 29.5. The Hall–Kier alpha value is -3.78. The summed E-state index contributed by atoms with van der Waals surface area (Å²) in [6.07, 6.45) is 5.04. The molecule has 2 heterocycles. The van der Waals surface area contributed by atoms with Crippen molar-refractivity contribution in [3.05, 3.63) is 96.2 Å². The van der Waals surface area contributed by atoms with Gasteiger partial charge < -0.3 is 14.5 Å². The number of imidazole rings is 1. The third-order valence-corrected chi connectivity index (χ3v) is 5.69. The van der Waals surface area contributed by atoms with Gasteiger partial charge in [0.2, 0.25) is 0 Å². The van der Waals surface area contributed by atoms with Gasteiger partial charge in [-0.1, -0.05) is 30.0 Å². The van der Waals surface area contributed by atoms with Crippen molar-refractivity contribution < 1.29 is 18.7 Å². The fraction of sp³-hybridized carbons (Fsp3) is 0.125. The number of nitrogens with zero attached hydrogens (tertiary/aromatic N) is 2. The number of ketones is 1. The minimum absolute atomic E-state index is 0.0190. The summed E-state index contributed by atoms with van der Waals surface area (Å²) in [7, 11) is 1.57. The highest BCUT2D eigenvalue weighted by atomic mass is 32.2. The molecule has 32 heavy (non-hydrogen) atoms. The standard InChI is InChI=1S/C24H21N3O4S/c1-30-20-8-3-5-17(14-20)22(28)16-32-24-25-10-11-27(24)19-7-2-6-18(13-19)23(29)26-15-21-9-4-12-31-21/h2-14H,15-16H2,1H3,(H,26,29). The lowest BCUT2D eigenvalue weighted by Crippen LogP contribution is -2.22. The molecule has 1 amide bonds. The van der Waals surface area contributed by atoms with Crippen molar-refractivity contribution in [1.29, 1.82) is 0 Å². The van der Waals surface area contributed by atoms with E-state index in [1.807, 2.05) is 16.7 Å². The second kappa shape index (κ2) is 10.0. The number of carbonyl (C=O) groups excluding carboxylic acids is 2. The number of aromatic nitrogens is 2. The van der Waals surface area contributed by atoms with E-state index in [-0.39, 0.29) is 17.4 Å². The van der Waals surface area contributed by atoms with Crippen molar-refractivity contribution >= 4 is 23.5 Å². The maximum atomic E-state index is 12.6. The minimum atomic E-state index is -0.203.